The summed E-state index contributed by atoms with van der Waals surface area (Å²) in [5, 5.41) is 0.0793. The lowest BCUT2D eigenvalue weighted by Gasteiger charge is -2.09. The molecule has 0 saturated heterocycles. The molecule has 23 heavy (non-hydrogen) atoms. The molecule has 2 aromatic rings. The van der Waals surface area contributed by atoms with Crippen molar-refractivity contribution in [1.29, 1.82) is 0 Å². The quantitative estimate of drug-likeness (QED) is 0.811. The van der Waals surface area contributed by atoms with Gasteiger partial charge >= 0.3 is 0 Å². The van der Waals surface area contributed by atoms with Crippen LogP contribution in [-0.4, -0.2) is 35.2 Å². The molecule has 1 aromatic carbocycles. The topological polar surface area (TPSA) is 113 Å². The molecule has 1 aromatic heterocycles. The van der Waals surface area contributed by atoms with Gasteiger partial charge in [-0.2, -0.15) is 0 Å². The lowest BCUT2D eigenvalue weighted by molar-refractivity contribution is 0.1000. The molecule has 1 aliphatic rings. The van der Waals surface area contributed by atoms with Gasteiger partial charge in [0.05, 0.1) is 19.5 Å². The molecule has 0 unspecified atom stereocenters. The van der Waals surface area contributed by atoms with Crippen LogP contribution < -0.4 is 20.9 Å². The number of hydrogen-bond acceptors (Lipinski definition) is 8. The van der Waals surface area contributed by atoms with E-state index in [1.807, 2.05) is 6.07 Å². The first-order valence-corrected chi connectivity index (χ1v) is 7.75. The number of nitrogens with zero attached hydrogens (tertiary/aromatic N) is 2. The highest BCUT2D eigenvalue weighted by Gasteiger charge is 2.33. The van der Waals surface area contributed by atoms with Crippen molar-refractivity contribution in [2.45, 2.75) is 16.8 Å². The van der Waals surface area contributed by atoms with E-state index in [-0.39, 0.29) is 22.7 Å². The Bertz CT molecular complexity index is 761. The second kappa shape index (κ2) is 5.96. The zero-order valence-electron chi connectivity index (χ0n) is 12.7. The second-order valence-corrected chi connectivity index (χ2v) is 6.21. The van der Waals surface area contributed by atoms with E-state index in [0.717, 1.165) is 5.56 Å². The number of benzene rings is 1. The Morgan fingerprint density at radius 1 is 1.09 bits per heavy atom. The van der Waals surface area contributed by atoms with Crippen LogP contribution >= 0.6 is 11.8 Å². The van der Waals surface area contributed by atoms with Gasteiger partial charge in [0.1, 0.15) is 11.6 Å². The van der Waals surface area contributed by atoms with Gasteiger partial charge in [-0.3, -0.25) is 4.79 Å². The maximum Gasteiger partial charge on any atom is 0.192 e. The largest absolute Gasteiger partial charge is 0.493 e. The molecule has 8 heteroatoms. The van der Waals surface area contributed by atoms with Crippen LogP contribution in [0.5, 0.6) is 11.5 Å². The summed E-state index contributed by atoms with van der Waals surface area (Å²) >= 11 is 1.26. The molecule has 0 spiro atoms. The molecule has 0 fully saturated rings. The summed E-state index contributed by atoms with van der Waals surface area (Å²) in [4.78, 5) is 20.8. The molecule has 1 atom stereocenters. The number of Topliss-reactive ketones (excluding diaryl/α,β-unsaturated/α-hetero) is 1. The average Bonchev–Trinajstić information content (AvgIpc) is 2.80. The fraction of sp³-hybridized carbons (Fsp3) is 0.267. The van der Waals surface area contributed by atoms with Crippen molar-refractivity contribution in [2.75, 3.05) is 25.7 Å². The van der Waals surface area contributed by atoms with E-state index >= 15 is 0 Å². The molecule has 1 aliphatic carbocycles. The van der Waals surface area contributed by atoms with Gasteiger partial charge in [-0.15, -0.1) is 0 Å². The lowest BCUT2D eigenvalue weighted by Crippen LogP contribution is -2.12. The van der Waals surface area contributed by atoms with Gasteiger partial charge in [-0.25, -0.2) is 9.97 Å². The standard InChI is InChI=1S/C15H16N4O3S/c1-21-9-3-7-4-11(14(20)8(7)5-10(9)22-2)23-15-18-12(16)6-13(17)19-15/h3,5-6,11H,4H2,1-2H3,(H4,16,17,18,19)/t11-/m0/s1. The van der Waals surface area contributed by atoms with Crippen LogP contribution in [0.25, 0.3) is 0 Å². The molecule has 3 rings (SSSR count). The average molecular weight is 332 g/mol. The zero-order chi connectivity index (χ0) is 16.6. The third kappa shape index (κ3) is 2.89. The molecule has 0 radical (unpaired) electrons. The minimum absolute atomic E-state index is 0.00977. The number of methoxy groups -OCH3 is 2. The number of ether oxygens (including phenoxy) is 2. The third-order valence-corrected chi connectivity index (χ3v) is 4.62. The number of rotatable bonds is 4. The van der Waals surface area contributed by atoms with Crippen LogP contribution in [0.3, 0.4) is 0 Å². The lowest BCUT2D eigenvalue weighted by atomic mass is 10.1. The SMILES string of the molecule is COc1cc2c(cc1OC)C(=O)[C@@H](Sc1nc(N)cc(N)n1)C2. The van der Waals surface area contributed by atoms with E-state index in [4.69, 9.17) is 20.9 Å². The number of nitrogens with two attached hydrogens (primary N) is 2. The predicted molar refractivity (Wildman–Crippen MR) is 88.1 cm³/mol. The van der Waals surface area contributed by atoms with Crippen molar-refractivity contribution in [3.8, 4) is 11.5 Å². The molecule has 1 heterocycles. The van der Waals surface area contributed by atoms with Gasteiger partial charge in [-0.05, 0) is 24.1 Å². The molecule has 7 nitrogen and oxygen atoms in total. The van der Waals surface area contributed by atoms with Crippen molar-refractivity contribution in [1.82, 2.24) is 9.97 Å². The highest BCUT2D eigenvalue weighted by molar-refractivity contribution is 8.00. The maximum absolute atomic E-state index is 12.6. The minimum Gasteiger partial charge on any atom is -0.493 e. The van der Waals surface area contributed by atoms with E-state index in [1.165, 1.54) is 17.8 Å². The highest BCUT2D eigenvalue weighted by Crippen LogP contribution is 2.39. The molecular formula is C15H16N4O3S. The summed E-state index contributed by atoms with van der Waals surface area (Å²) in [5.74, 6) is 1.72. The molecule has 0 bridgehead atoms. The zero-order valence-corrected chi connectivity index (χ0v) is 13.5. The van der Waals surface area contributed by atoms with Crippen LogP contribution in [0.4, 0.5) is 11.6 Å². The molecule has 4 N–H and O–H groups in total. The molecule has 0 amide bonds. The summed E-state index contributed by atoms with van der Waals surface area (Å²) in [6, 6.07) is 5.03. The number of thioether (sulfide) groups is 1. The van der Waals surface area contributed by atoms with Gasteiger partial charge in [0.15, 0.2) is 22.4 Å². The Morgan fingerprint density at radius 3 is 2.30 bits per heavy atom. The predicted octanol–water partition coefficient (Wildman–Crippen LogP) is 1.56. The fourth-order valence-corrected chi connectivity index (χ4v) is 3.59. The Balaban J connectivity index is 1.88. The summed E-state index contributed by atoms with van der Waals surface area (Å²) in [7, 11) is 3.11. The van der Waals surface area contributed by atoms with Gasteiger partial charge in [-0.1, -0.05) is 11.8 Å². The van der Waals surface area contributed by atoms with E-state index < -0.39 is 0 Å². The number of aromatic nitrogens is 2. The van der Waals surface area contributed by atoms with Crippen molar-refractivity contribution < 1.29 is 14.3 Å². The number of carbonyl (C=O) groups is 1. The number of fused-ring (bicyclic) bond motifs is 1. The van der Waals surface area contributed by atoms with E-state index in [2.05, 4.69) is 9.97 Å². The number of hydrogen-bond donors (Lipinski definition) is 2. The molecule has 0 aliphatic heterocycles. The normalized spacial score (nSPS) is 16.3. The molecule has 120 valence electrons. The third-order valence-electron chi connectivity index (χ3n) is 3.57. The molecule has 0 saturated carbocycles. The second-order valence-electron chi connectivity index (χ2n) is 5.04. The van der Waals surface area contributed by atoms with E-state index in [1.54, 1.807) is 20.3 Å². The fourth-order valence-electron chi connectivity index (χ4n) is 2.52. The van der Waals surface area contributed by atoms with Gasteiger partial charge in [0.2, 0.25) is 0 Å². The first-order chi connectivity index (χ1) is 11.0. The smallest absolute Gasteiger partial charge is 0.192 e. The number of nitrogen functional groups attached to an aromatic ring is 2. The highest BCUT2D eigenvalue weighted by atomic mass is 32.2. The Morgan fingerprint density at radius 2 is 1.70 bits per heavy atom. The van der Waals surface area contributed by atoms with Gasteiger partial charge < -0.3 is 20.9 Å². The minimum atomic E-state index is -0.317. The van der Waals surface area contributed by atoms with Crippen molar-refractivity contribution in [3.05, 3.63) is 29.3 Å². The summed E-state index contributed by atoms with van der Waals surface area (Å²) in [6.07, 6.45) is 0.567. The van der Waals surface area contributed by atoms with Crippen LogP contribution in [0.1, 0.15) is 15.9 Å². The first-order valence-electron chi connectivity index (χ1n) is 6.87. The van der Waals surface area contributed by atoms with Crippen LogP contribution in [-0.2, 0) is 6.42 Å². The van der Waals surface area contributed by atoms with E-state index in [9.17, 15) is 4.79 Å². The van der Waals surface area contributed by atoms with E-state index in [0.29, 0.717) is 28.6 Å². The van der Waals surface area contributed by atoms with Gasteiger partial charge in [0, 0.05) is 11.6 Å². The molecular weight excluding hydrogens is 316 g/mol. The Hall–Kier alpha value is -2.48. The van der Waals surface area contributed by atoms with Gasteiger partial charge in [0.25, 0.3) is 0 Å². The monoisotopic (exact) mass is 332 g/mol. The summed E-state index contributed by atoms with van der Waals surface area (Å²) in [6.45, 7) is 0. The maximum atomic E-state index is 12.6. The van der Waals surface area contributed by atoms with Crippen molar-refractivity contribution >= 4 is 29.2 Å². The summed E-state index contributed by atoms with van der Waals surface area (Å²) < 4.78 is 10.5. The van der Waals surface area contributed by atoms with Crippen LogP contribution in [0.2, 0.25) is 0 Å². The number of carbonyl (C=O) groups excluding carboxylic acids is 1. The van der Waals surface area contributed by atoms with Crippen LogP contribution in [0.15, 0.2) is 23.4 Å². The number of ketones is 1. The number of anilines is 2. The van der Waals surface area contributed by atoms with Crippen molar-refractivity contribution in [2.24, 2.45) is 0 Å². The Kier molecular flexibility index (Phi) is 3.99. The summed E-state index contributed by atoms with van der Waals surface area (Å²) in [5.41, 5.74) is 12.9. The Labute approximate surface area is 137 Å². The van der Waals surface area contributed by atoms with Crippen molar-refractivity contribution in [3.63, 3.8) is 0 Å². The van der Waals surface area contributed by atoms with Crippen LogP contribution in [0, 0.1) is 0 Å². The first kappa shape index (κ1) is 15.4.